The van der Waals surface area contributed by atoms with Gasteiger partial charge in [0, 0.05) is 5.02 Å². The third-order valence-corrected chi connectivity index (χ3v) is 2.45. The lowest BCUT2D eigenvalue weighted by molar-refractivity contribution is -0.0461. The minimum absolute atomic E-state index is 0.112. The maximum atomic E-state index is 5.97. The fourth-order valence-corrected chi connectivity index (χ4v) is 1.78. The summed E-state index contributed by atoms with van der Waals surface area (Å²) in [6.45, 7) is 5.18. The van der Waals surface area contributed by atoms with Crippen LogP contribution in [0.15, 0.2) is 18.2 Å². The lowest BCUT2D eigenvalue weighted by Crippen LogP contribution is -2.09. The van der Waals surface area contributed by atoms with Crippen molar-refractivity contribution in [3.8, 4) is 5.75 Å². The Labute approximate surface area is 100 Å². The normalized spacial score (nSPS) is 17.0. The largest absolute Gasteiger partial charge is 0.491 e. The van der Waals surface area contributed by atoms with Crippen molar-refractivity contribution in [2.45, 2.75) is 26.2 Å². The van der Waals surface area contributed by atoms with Gasteiger partial charge in [-0.2, -0.15) is 0 Å². The number of rotatable bonds is 3. The summed E-state index contributed by atoms with van der Waals surface area (Å²) < 4.78 is 16.6. The van der Waals surface area contributed by atoms with Gasteiger partial charge in [-0.3, -0.25) is 0 Å². The Balaban J connectivity index is 2.28. The van der Waals surface area contributed by atoms with Crippen molar-refractivity contribution in [1.29, 1.82) is 0 Å². The van der Waals surface area contributed by atoms with Crippen LogP contribution in [0, 0.1) is 0 Å². The van der Waals surface area contributed by atoms with Gasteiger partial charge >= 0.3 is 0 Å². The third-order valence-electron chi connectivity index (χ3n) is 2.21. The van der Waals surface area contributed by atoms with Crippen LogP contribution >= 0.6 is 11.6 Å². The summed E-state index contributed by atoms with van der Waals surface area (Å²) in [4.78, 5) is 0. The topological polar surface area (TPSA) is 27.7 Å². The molecule has 0 amide bonds. The van der Waals surface area contributed by atoms with Gasteiger partial charge in [-0.1, -0.05) is 11.6 Å². The van der Waals surface area contributed by atoms with E-state index in [1.807, 2.05) is 26.0 Å². The fourth-order valence-electron chi connectivity index (χ4n) is 1.60. The molecule has 0 bridgehead atoms. The highest BCUT2D eigenvalue weighted by Crippen LogP contribution is 2.33. The zero-order valence-corrected chi connectivity index (χ0v) is 10.2. The van der Waals surface area contributed by atoms with E-state index >= 15 is 0 Å². The van der Waals surface area contributed by atoms with Crippen LogP contribution in [0.5, 0.6) is 5.75 Å². The first-order chi connectivity index (χ1) is 7.66. The predicted octanol–water partition coefficient (Wildman–Crippen LogP) is 3.17. The maximum absolute atomic E-state index is 5.97. The highest BCUT2D eigenvalue weighted by Gasteiger charge is 2.22. The predicted molar refractivity (Wildman–Crippen MR) is 61.9 cm³/mol. The molecule has 3 nitrogen and oxygen atoms in total. The molecule has 1 aromatic carbocycles. The van der Waals surface area contributed by atoms with Crippen molar-refractivity contribution < 1.29 is 14.2 Å². The van der Waals surface area contributed by atoms with E-state index in [-0.39, 0.29) is 12.4 Å². The molecule has 0 N–H and O–H groups in total. The van der Waals surface area contributed by atoms with E-state index in [1.165, 1.54) is 0 Å². The number of benzene rings is 1. The molecule has 0 radical (unpaired) electrons. The number of halogens is 1. The van der Waals surface area contributed by atoms with Crippen molar-refractivity contribution in [2.75, 3.05) is 13.2 Å². The second-order valence-corrected chi connectivity index (χ2v) is 4.36. The Morgan fingerprint density at radius 3 is 2.62 bits per heavy atom. The highest BCUT2D eigenvalue weighted by molar-refractivity contribution is 6.30. The minimum Gasteiger partial charge on any atom is -0.491 e. The van der Waals surface area contributed by atoms with Crippen molar-refractivity contribution in [2.24, 2.45) is 0 Å². The summed E-state index contributed by atoms with van der Waals surface area (Å²) >= 11 is 5.97. The van der Waals surface area contributed by atoms with E-state index in [1.54, 1.807) is 6.07 Å². The van der Waals surface area contributed by atoms with E-state index < -0.39 is 0 Å². The van der Waals surface area contributed by atoms with Gasteiger partial charge in [-0.15, -0.1) is 0 Å². The van der Waals surface area contributed by atoms with Crippen LogP contribution in [-0.4, -0.2) is 19.3 Å². The molecule has 1 fully saturated rings. The van der Waals surface area contributed by atoms with Gasteiger partial charge in [0.05, 0.1) is 24.9 Å². The SMILES string of the molecule is CC(C)Oc1ccc(Cl)cc1C1OCCO1. The van der Waals surface area contributed by atoms with Crippen molar-refractivity contribution in [1.82, 2.24) is 0 Å². The second-order valence-electron chi connectivity index (χ2n) is 3.92. The van der Waals surface area contributed by atoms with E-state index in [2.05, 4.69) is 0 Å². The molecule has 1 aromatic rings. The Hall–Kier alpha value is -0.770. The number of ether oxygens (including phenoxy) is 3. The average molecular weight is 243 g/mol. The Bertz CT molecular complexity index is 359. The molecule has 0 saturated carbocycles. The number of hydrogen-bond donors (Lipinski definition) is 0. The summed E-state index contributed by atoms with van der Waals surface area (Å²) in [5, 5.41) is 0.658. The molecule has 0 spiro atoms. The molecule has 4 heteroatoms. The monoisotopic (exact) mass is 242 g/mol. The summed E-state index contributed by atoms with van der Waals surface area (Å²) in [6.07, 6.45) is -0.242. The lowest BCUT2D eigenvalue weighted by Gasteiger charge is -2.17. The molecular formula is C12H15ClO3. The molecule has 0 atom stereocenters. The zero-order chi connectivity index (χ0) is 11.5. The van der Waals surface area contributed by atoms with Crippen LogP contribution in [0.4, 0.5) is 0 Å². The van der Waals surface area contributed by atoms with Gasteiger partial charge in [0.2, 0.25) is 0 Å². The standard InChI is InChI=1S/C12H15ClO3/c1-8(2)16-11-4-3-9(13)7-10(11)12-14-5-6-15-12/h3-4,7-8,12H,5-6H2,1-2H3. The van der Waals surface area contributed by atoms with Crippen LogP contribution in [0.1, 0.15) is 25.7 Å². The zero-order valence-electron chi connectivity index (χ0n) is 9.40. The van der Waals surface area contributed by atoms with Crippen LogP contribution in [0.3, 0.4) is 0 Å². The minimum atomic E-state index is -0.354. The molecular weight excluding hydrogens is 228 g/mol. The van der Waals surface area contributed by atoms with Crippen LogP contribution in [0.25, 0.3) is 0 Å². The Kier molecular flexibility index (Phi) is 3.69. The van der Waals surface area contributed by atoms with Crippen LogP contribution in [-0.2, 0) is 9.47 Å². The molecule has 1 saturated heterocycles. The van der Waals surface area contributed by atoms with Crippen molar-refractivity contribution in [3.63, 3.8) is 0 Å². The summed E-state index contributed by atoms with van der Waals surface area (Å²) in [7, 11) is 0. The van der Waals surface area contributed by atoms with Crippen molar-refractivity contribution in [3.05, 3.63) is 28.8 Å². The molecule has 1 heterocycles. The molecule has 0 aromatic heterocycles. The van der Waals surface area contributed by atoms with Gasteiger partial charge in [-0.05, 0) is 32.0 Å². The second kappa shape index (κ2) is 5.04. The maximum Gasteiger partial charge on any atom is 0.187 e. The van der Waals surface area contributed by atoms with Gasteiger partial charge in [0.1, 0.15) is 5.75 Å². The van der Waals surface area contributed by atoms with Crippen LogP contribution < -0.4 is 4.74 Å². The van der Waals surface area contributed by atoms with Crippen molar-refractivity contribution >= 4 is 11.6 Å². The molecule has 0 aliphatic carbocycles. The fraction of sp³-hybridized carbons (Fsp3) is 0.500. The highest BCUT2D eigenvalue weighted by atomic mass is 35.5. The van der Waals surface area contributed by atoms with Gasteiger partial charge in [-0.25, -0.2) is 0 Å². The summed E-state index contributed by atoms with van der Waals surface area (Å²) in [6, 6.07) is 5.48. The Morgan fingerprint density at radius 2 is 2.00 bits per heavy atom. The molecule has 1 aliphatic rings. The first kappa shape index (κ1) is 11.7. The van der Waals surface area contributed by atoms with Gasteiger partial charge in [0.15, 0.2) is 6.29 Å². The molecule has 2 rings (SSSR count). The first-order valence-corrected chi connectivity index (χ1v) is 5.74. The third kappa shape index (κ3) is 2.67. The van der Waals surface area contributed by atoms with E-state index in [4.69, 9.17) is 25.8 Å². The lowest BCUT2D eigenvalue weighted by atomic mass is 10.2. The molecule has 88 valence electrons. The molecule has 1 aliphatic heterocycles. The van der Waals surface area contributed by atoms with E-state index in [9.17, 15) is 0 Å². The van der Waals surface area contributed by atoms with E-state index in [0.717, 1.165) is 11.3 Å². The smallest absolute Gasteiger partial charge is 0.187 e. The molecule has 16 heavy (non-hydrogen) atoms. The summed E-state index contributed by atoms with van der Waals surface area (Å²) in [5.74, 6) is 0.770. The van der Waals surface area contributed by atoms with Crippen LogP contribution in [0.2, 0.25) is 5.02 Å². The average Bonchev–Trinajstić information content (AvgIpc) is 2.73. The Morgan fingerprint density at radius 1 is 1.31 bits per heavy atom. The first-order valence-electron chi connectivity index (χ1n) is 5.36. The number of hydrogen-bond acceptors (Lipinski definition) is 3. The van der Waals surface area contributed by atoms with E-state index in [0.29, 0.717) is 18.2 Å². The summed E-state index contributed by atoms with van der Waals surface area (Å²) in [5.41, 5.74) is 0.860. The molecule has 0 unspecified atom stereocenters. The van der Waals surface area contributed by atoms with Gasteiger partial charge in [0.25, 0.3) is 0 Å². The van der Waals surface area contributed by atoms with Gasteiger partial charge < -0.3 is 14.2 Å². The quantitative estimate of drug-likeness (QED) is 0.815.